The second-order valence-electron chi connectivity index (χ2n) is 8.66. The third-order valence-corrected chi connectivity index (χ3v) is 6.91. The van der Waals surface area contributed by atoms with Crippen molar-refractivity contribution in [1.82, 2.24) is 24.6 Å². The maximum atomic E-state index is 12.5. The highest BCUT2D eigenvalue weighted by Crippen LogP contribution is 2.40. The van der Waals surface area contributed by atoms with Gasteiger partial charge in [-0.3, -0.25) is 14.4 Å². The number of rotatable bonds is 4. The van der Waals surface area contributed by atoms with Gasteiger partial charge in [-0.2, -0.15) is 18.3 Å². The molecule has 0 aliphatic carbocycles. The number of aromatic nitrogens is 3. The lowest BCUT2D eigenvalue weighted by Gasteiger charge is -2.39. The van der Waals surface area contributed by atoms with Gasteiger partial charge in [-0.05, 0) is 44.2 Å². The fourth-order valence-corrected chi connectivity index (χ4v) is 4.94. The van der Waals surface area contributed by atoms with Gasteiger partial charge in [0.25, 0.3) is 0 Å². The van der Waals surface area contributed by atoms with Crippen LogP contribution in [0, 0.1) is 12.3 Å². The van der Waals surface area contributed by atoms with Crippen LogP contribution in [0.25, 0.3) is 0 Å². The molecule has 1 amide bonds. The number of carbonyl (C=O) groups excluding carboxylic acids is 1. The first-order chi connectivity index (χ1) is 15.5. The maximum absolute atomic E-state index is 12.5. The SMILES string of the molecule is Cc1nc(CN2CCC3(CCN(C(=O)Cc4ccn(C)n4)CC3)C2)cs1.O=C(O)C(F)(F)F. The van der Waals surface area contributed by atoms with E-state index in [9.17, 15) is 18.0 Å². The standard InChI is InChI=1S/C19H27N5OS.C2HF3O2/c1-15-20-17(13-26-15)12-23-8-4-19(14-23)5-9-24(10-6-19)18(25)11-16-3-7-22(2)21-16;3-2(4,5)1(6)7/h3,7,13H,4-6,8-12,14H2,1-2H3;(H,6,7). The molecule has 0 radical (unpaired) electrons. The molecule has 4 heterocycles. The van der Waals surface area contributed by atoms with Crippen LogP contribution >= 0.6 is 11.3 Å². The molecule has 2 saturated heterocycles. The number of aliphatic carboxylic acids is 1. The molecule has 2 aromatic rings. The predicted molar refractivity (Wildman–Crippen MR) is 116 cm³/mol. The van der Waals surface area contributed by atoms with Crippen molar-refractivity contribution in [2.24, 2.45) is 12.5 Å². The van der Waals surface area contributed by atoms with Crippen molar-refractivity contribution in [1.29, 1.82) is 0 Å². The van der Waals surface area contributed by atoms with Crippen LogP contribution in [0.2, 0.25) is 0 Å². The van der Waals surface area contributed by atoms with E-state index in [4.69, 9.17) is 9.90 Å². The molecule has 12 heteroatoms. The molecule has 1 spiro atoms. The van der Waals surface area contributed by atoms with Crippen LogP contribution in [0.5, 0.6) is 0 Å². The molecule has 2 aliphatic rings. The number of piperidine rings is 1. The highest BCUT2D eigenvalue weighted by molar-refractivity contribution is 7.09. The number of carbonyl (C=O) groups is 2. The fourth-order valence-electron chi connectivity index (χ4n) is 4.34. The van der Waals surface area contributed by atoms with Gasteiger partial charge in [-0.1, -0.05) is 0 Å². The van der Waals surface area contributed by atoms with Gasteiger partial charge in [-0.15, -0.1) is 11.3 Å². The normalized spacial score (nSPS) is 18.3. The second kappa shape index (κ2) is 10.2. The minimum absolute atomic E-state index is 0.214. The van der Waals surface area contributed by atoms with Crippen LogP contribution in [-0.4, -0.2) is 73.9 Å². The number of carboxylic acid groups (broad SMARTS) is 1. The molecule has 182 valence electrons. The molecule has 0 bridgehead atoms. The first-order valence-corrected chi connectivity index (χ1v) is 11.5. The van der Waals surface area contributed by atoms with E-state index in [-0.39, 0.29) is 5.91 Å². The van der Waals surface area contributed by atoms with Crippen molar-refractivity contribution in [2.75, 3.05) is 26.2 Å². The first kappa shape index (κ1) is 25.2. The summed E-state index contributed by atoms with van der Waals surface area (Å²) < 4.78 is 33.5. The Bertz CT molecular complexity index is 967. The molecule has 0 unspecified atom stereocenters. The number of hydrogen-bond donors (Lipinski definition) is 1. The molecular weight excluding hydrogens is 459 g/mol. The molecular formula is C21H28F3N5O3S. The number of carboxylic acids is 1. The summed E-state index contributed by atoms with van der Waals surface area (Å²) in [7, 11) is 1.89. The monoisotopic (exact) mass is 487 g/mol. The number of alkyl halides is 3. The summed E-state index contributed by atoms with van der Waals surface area (Å²) in [5.74, 6) is -2.54. The Hall–Kier alpha value is -2.47. The van der Waals surface area contributed by atoms with Gasteiger partial charge in [0.15, 0.2) is 0 Å². The Balaban J connectivity index is 0.000000383. The van der Waals surface area contributed by atoms with Gasteiger partial charge in [-0.25, -0.2) is 9.78 Å². The summed E-state index contributed by atoms with van der Waals surface area (Å²) in [4.78, 5) is 30.6. The van der Waals surface area contributed by atoms with E-state index in [0.717, 1.165) is 56.3 Å². The number of thiazole rings is 1. The average molecular weight is 488 g/mol. The molecule has 2 fully saturated rings. The number of aryl methyl sites for hydroxylation is 2. The molecule has 2 aromatic heterocycles. The first-order valence-electron chi connectivity index (χ1n) is 10.7. The Kier molecular flexibility index (Phi) is 7.78. The number of nitrogens with zero attached hydrogens (tertiary/aromatic N) is 5. The lowest BCUT2D eigenvalue weighted by molar-refractivity contribution is -0.192. The van der Waals surface area contributed by atoms with Gasteiger partial charge < -0.3 is 10.0 Å². The third-order valence-electron chi connectivity index (χ3n) is 6.09. The van der Waals surface area contributed by atoms with Crippen molar-refractivity contribution in [3.63, 3.8) is 0 Å². The minimum Gasteiger partial charge on any atom is -0.475 e. The average Bonchev–Trinajstić information content (AvgIpc) is 3.44. The number of halogens is 3. The lowest BCUT2D eigenvalue weighted by Crippen LogP contribution is -2.44. The Morgan fingerprint density at radius 1 is 1.18 bits per heavy atom. The zero-order valence-electron chi connectivity index (χ0n) is 18.6. The molecule has 4 rings (SSSR count). The van der Waals surface area contributed by atoms with E-state index in [0.29, 0.717) is 11.8 Å². The summed E-state index contributed by atoms with van der Waals surface area (Å²) in [5.41, 5.74) is 2.46. The number of likely N-dealkylation sites (tertiary alicyclic amines) is 2. The van der Waals surface area contributed by atoms with Crippen LogP contribution < -0.4 is 0 Å². The molecule has 0 saturated carbocycles. The van der Waals surface area contributed by atoms with Gasteiger partial charge in [0.05, 0.1) is 22.8 Å². The third kappa shape index (κ3) is 7.00. The van der Waals surface area contributed by atoms with Crippen molar-refractivity contribution in [2.45, 2.75) is 45.3 Å². The Morgan fingerprint density at radius 3 is 2.33 bits per heavy atom. The van der Waals surface area contributed by atoms with Gasteiger partial charge in [0.1, 0.15) is 0 Å². The van der Waals surface area contributed by atoms with Crippen molar-refractivity contribution in [3.05, 3.63) is 34.0 Å². The lowest BCUT2D eigenvalue weighted by atomic mass is 9.77. The van der Waals surface area contributed by atoms with Crippen LogP contribution in [-0.2, 0) is 29.6 Å². The number of amides is 1. The summed E-state index contributed by atoms with van der Waals surface area (Å²) in [6, 6.07) is 1.93. The molecule has 33 heavy (non-hydrogen) atoms. The Morgan fingerprint density at radius 2 is 1.82 bits per heavy atom. The van der Waals surface area contributed by atoms with E-state index in [2.05, 4.69) is 27.3 Å². The van der Waals surface area contributed by atoms with Crippen molar-refractivity contribution in [3.8, 4) is 0 Å². The van der Waals surface area contributed by atoms with Gasteiger partial charge >= 0.3 is 12.1 Å². The van der Waals surface area contributed by atoms with Crippen molar-refractivity contribution >= 4 is 23.2 Å². The highest BCUT2D eigenvalue weighted by atomic mass is 32.1. The van der Waals surface area contributed by atoms with Gasteiger partial charge in [0.2, 0.25) is 5.91 Å². The van der Waals surface area contributed by atoms with Crippen LogP contribution in [0.1, 0.15) is 35.7 Å². The summed E-state index contributed by atoms with van der Waals surface area (Å²) in [6.45, 7) is 7.10. The van der Waals surface area contributed by atoms with Crippen LogP contribution in [0.4, 0.5) is 13.2 Å². The smallest absolute Gasteiger partial charge is 0.475 e. The van der Waals surface area contributed by atoms with E-state index in [1.807, 2.05) is 24.2 Å². The Labute approximate surface area is 194 Å². The fraction of sp³-hybridized carbons (Fsp3) is 0.619. The molecule has 2 aliphatic heterocycles. The largest absolute Gasteiger partial charge is 0.490 e. The van der Waals surface area contributed by atoms with Crippen LogP contribution in [0.3, 0.4) is 0 Å². The van der Waals surface area contributed by atoms with E-state index < -0.39 is 12.1 Å². The molecule has 0 aromatic carbocycles. The summed E-state index contributed by atoms with van der Waals surface area (Å²) in [6.07, 6.45) is 0.716. The van der Waals surface area contributed by atoms with Crippen LogP contribution in [0.15, 0.2) is 17.6 Å². The second-order valence-corrected chi connectivity index (χ2v) is 9.72. The molecule has 1 N–H and O–H groups in total. The zero-order chi connectivity index (χ0) is 24.2. The van der Waals surface area contributed by atoms with E-state index >= 15 is 0 Å². The minimum atomic E-state index is -5.08. The van der Waals surface area contributed by atoms with Crippen molar-refractivity contribution < 1.29 is 27.9 Å². The van der Waals surface area contributed by atoms with E-state index in [1.165, 1.54) is 12.1 Å². The highest BCUT2D eigenvalue weighted by Gasteiger charge is 2.41. The molecule has 0 atom stereocenters. The molecule has 8 nitrogen and oxygen atoms in total. The maximum Gasteiger partial charge on any atom is 0.490 e. The van der Waals surface area contributed by atoms with Gasteiger partial charge in [0, 0.05) is 44.8 Å². The quantitative estimate of drug-likeness (QED) is 0.713. The summed E-state index contributed by atoms with van der Waals surface area (Å²) in [5, 5.41) is 14.8. The topological polar surface area (TPSA) is 91.6 Å². The summed E-state index contributed by atoms with van der Waals surface area (Å²) >= 11 is 1.73. The predicted octanol–water partition coefficient (Wildman–Crippen LogP) is 2.88. The zero-order valence-corrected chi connectivity index (χ0v) is 19.5. The van der Waals surface area contributed by atoms with E-state index in [1.54, 1.807) is 16.0 Å². The number of hydrogen-bond acceptors (Lipinski definition) is 6.